The second-order valence-corrected chi connectivity index (χ2v) is 4.00. The van der Waals surface area contributed by atoms with E-state index in [9.17, 15) is 0 Å². The molecule has 1 aliphatic heterocycles. The molecular weight excluding hydrogens is 146 g/mol. The molecule has 0 radical (unpaired) electrons. The smallest absolute Gasteiger partial charge is 0.112 e. The SMILES string of the molecule is CC(C)CSC1CN=NN1. The second-order valence-electron chi connectivity index (χ2n) is 2.77. The Balaban J connectivity index is 2.03. The minimum atomic E-state index is 0.433. The van der Waals surface area contributed by atoms with E-state index in [1.54, 1.807) is 0 Å². The zero-order valence-electron chi connectivity index (χ0n) is 6.37. The Morgan fingerprint density at radius 3 is 3.00 bits per heavy atom. The third-order valence-electron chi connectivity index (χ3n) is 1.15. The monoisotopic (exact) mass is 159 g/mol. The highest BCUT2D eigenvalue weighted by molar-refractivity contribution is 7.99. The van der Waals surface area contributed by atoms with Gasteiger partial charge in [-0.1, -0.05) is 19.1 Å². The lowest BCUT2D eigenvalue weighted by molar-refractivity contribution is 0.734. The van der Waals surface area contributed by atoms with Crippen molar-refractivity contribution in [2.24, 2.45) is 16.3 Å². The van der Waals surface area contributed by atoms with Crippen molar-refractivity contribution in [3.8, 4) is 0 Å². The molecule has 1 rings (SSSR count). The van der Waals surface area contributed by atoms with Crippen LogP contribution in [0.5, 0.6) is 0 Å². The van der Waals surface area contributed by atoms with Gasteiger partial charge in [0, 0.05) is 0 Å². The Labute approximate surface area is 65.6 Å². The molecule has 0 saturated heterocycles. The molecule has 0 aromatic rings. The maximum atomic E-state index is 3.84. The van der Waals surface area contributed by atoms with Crippen molar-refractivity contribution >= 4 is 11.8 Å². The summed E-state index contributed by atoms with van der Waals surface area (Å²) in [5.41, 5.74) is 2.93. The van der Waals surface area contributed by atoms with Crippen molar-refractivity contribution in [2.45, 2.75) is 19.2 Å². The Bertz CT molecular complexity index is 116. The molecule has 0 bridgehead atoms. The summed E-state index contributed by atoms with van der Waals surface area (Å²) in [5.74, 6) is 1.94. The van der Waals surface area contributed by atoms with E-state index in [-0.39, 0.29) is 0 Å². The van der Waals surface area contributed by atoms with Crippen LogP contribution in [-0.4, -0.2) is 17.7 Å². The van der Waals surface area contributed by atoms with Crippen LogP contribution in [0.25, 0.3) is 0 Å². The van der Waals surface area contributed by atoms with Crippen LogP contribution in [0.2, 0.25) is 0 Å². The van der Waals surface area contributed by atoms with E-state index in [0.29, 0.717) is 5.37 Å². The first-order valence-corrected chi connectivity index (χ1v) is 4.57. The summed E-state index contributed by atoms with van der Waals surface area (Å²) in [6.45, 7) is 5.27. The van der Waals surface area contributed by atoms with Gasteiger partial charge in [0.2, 0.25) is 0 Å². The van der Waals surface area contributed by atoms with Crippen molar-refractivity contribution < 1.29 is 0 Å². The quantitative estimate of drug-likeness (QED) is 0.680. The van der Waals surface area contributed by atoms with Crippen molar-refractivity contribution in [1.82, 2.24) is 5.43 Å². The summed E-state index contributed by atoms with van der Waals surface area (Å²) < 4.78 is 0. The summed E-state index contributed by atoms with van der Waals surface area (Å²) >= 11 is 1.89. The highest BCUT2D eigenvalue weighted by Crippen LogP contribution is 2.15. The van der Waals surface area contributed by atoms with Gasteiger partial charge in [0.15, 0.2) is 0 Å². The van der Waals surface area contributed by atoms with Crippen LogP contribution >= 0.6 is 11.8 Å². The molecular formula is C6H13N3S. The van der Waals surface area contributed by atoms with Crippen LogP contribution < -0.4 is 5.43 Å². The average molecular weight is 159 g/mol. The fourth-order valence-electron chi connectivity index (χ4n) is 0.660. The minimum Gasteiger partial charge on any atom is -0.277 e. The van der Waals surface area contributed by atoms with E-state index >= 15 is 0 Å². The molecule has 1 N–H and O–H groups in total. The molecule has 4 heteroatoms. The molecule has 0 fully saturated rings. The molecule has 0 spiro atoms. The highest BCUT2D eigenvalue weighted by Gasteiger charge is 2.11. The fourth-order valence-corrected chi connectivity index (χ4v) is 1.57. The molecule has 10 heavy (non-hydrogen) atoms. The molecule has 0 aromatic heterocycles. The van der Waals surface area contributed by atoms with Crippen molar-refractivity contribution in [1.29, 1.82) is 0 Å². The maximum absolute atomic E-state index is 3.84. The predicted molar refractivity (Wildman–Crippen MR) is 43.9 cm³/mol. The number of hydrogen-bond donors (Lipinski definition) is 1. The van der Waals surface area contributed by atoms with Crippen LogP contribution in [0.4, 0.5) is 0 Å². The van der Waals surface area contributed by atoms with Gasteiger partial charge in [-0.05, 0) is 11.7 Å². The highest BCUT2D eigenvalue weighted by atomic mass is 32.2. The molecule has 58 valence electrons. The molecule has 1 atom stereocenters. The van der Waals surface area contributed by atoms with Crippen molar-refractivity contribution in [3.05, 3.63) is 0 Å². The molecule has 0 aliphatic carbocycles. The first kappa shape index (κ1) is 7.85. The summed E-state index contributed by atoms with van der Waals surface area (Å²) in [4.78, 5) is 0. The van der Waals surface area contributed by atoms with Crippen LogP contribution in [0.15, 0.2) is 10.3 Å². The van der Waals surface area contributed by atoms with Crippen LogP contribution in [0, 0.1) is 5.92 Å². The van der Waals surface area contributed by atoms with E-state index in [1.165, 1.54) is 5.75 Å². The minimum absolute atomic E-state index is 0.433. The standard InChI is InChI=1S/C6H13N3S/c1-5(2)4-10-6-3-7-9-8-6/h5-6H,3-4H2,1-2H3,(H,7,8). The van der Waals surface area contributed by atoms with Gasteiger partial charge < -0.3 is 0 Å². The molecule has 1 aliphatic rings. The number of nitrogens with zero attached hydrogens (tertiary/aromatic N) is 2. The van der Waals surface area contributed by atoms with Gasteiger partial charge in [-0.15, -0.1) is 11.8 Å². The van der Waals surface area contributed by atoms with Crippen molar-refractivity contribution in [3.63, 3.8) is 0 Å². The molecule has 3 nitrogen and oxygen atoms in total. The van der Waals surface area contributed by atoms with Gasteiger partial charge in [-0.3, -0.25) is 5.43 Å². The van der Waals surface area contributed by atoms with E-state index in [4.69, 9.17) is 0 Å². The predicted octanol–water partition coefficient (Wildman–Crippen LogP) is 1.67. The first-order chi connectivity index (χ1) is 4.79. The third kappa shape index (κ3) is 2.56. The van der Waals surface area contributed by atoms with Gasteiger partial charge in [0.1, 0.15) is 5.37 Å². The largest absolute Gasteiger partial charge is 0.277 e. The van der Waals surface area contributed by atoms with Crippen LogP contribution in [0.3, 0.4) is 0 Å². The van der Waals surface area contributed by atoms with Gasteiger partial charge in [0.25, 0.3) is 0 Å². The Hall–Kier alpha value is -0.250. The lowest BCUT2D eigenvalue weighted by Gasteiger charge is -2.08. The van der Waals surface area contributed by atoms with E-state index in [2.05, 4.69) is 29.6 Å². The number of rotatable bonds is 3. The molecule has 0 saturated carbocycles. The molecule has 0 aromatic carbocycles. The normalized spacial score (nSPS) is 23.7. The van der Waals surface area contributed by atoms with E-state index in [1.807, 2.05) is 11.8 Å². The Morgan fingerprint density at radius 2 is 2.50 bits per heavy atom. The van der Waals surface area contributed by atoms with Crippen LogP contribution in [0.1, 0.15) is 13.8 Å². The summed E-state index contributed by atoms with van der Waals surface area (Å²) in [7, 11) is 0. The zero-order valence-corrected chi connectivity index (χ0v) is 7.19. The summed E-state index contributed by atoms with van der Waals surface area (Å²) in [6, 6.07) is 0. The lowest BCUT2D eigenvalue weighted by Crippen LogP contribution is -2.18. The second kappa shape index (κ2) is 3.81. The summed E-state index contributed by atoms with van der Waals surface area (Å²) in [6.07, 6.45) is 0. The zero-order chi connectivity index (χ0) is 7.40. The number of thioether (sulfide) groups is 1. The Morgan fingerprint density at radius 1 is 1.70 bits per heavy atom. The van der Waals surface area contributed by atoms with Crippen molar-refractivity contribution in [2.75, 3.05) is 12.3 Å². The van der Waals surface area contributed by atoms with Gasteiger partial charge in [-0.25, -0.2) is 0 Å². The lowest BCUT2D eigenvalue weighted by atomic mass is 10.3. The fraction of sp³-hybridized carbons (Fsp3) is 1.00. The molecule has 1 unspecified atom stereocenters. The van der Waals surface area contributed by atoms with Gasteiger partial charge in [-0.2, -0.15) is 5.11 Å². The number of hydrogen-bond acceptors (Lipinski definition) is 4. The van der Waals surface area contributed by atoms with Gasteiger partial charge in [0.05, 0.1) is 6.54 Å². The van der Waals surface area contributed by atoms with Gasteiger partial charge >= 0.3 is 0 Å². The molecule has 0 amide bonds. The summed E-state index contributed by atoms with van der Waals surface area (Å²) in [5, 5.41) is 7.97. The average Bonchev–Trinajstić information content (AvgIpc) is 2.34. The van der Waals surface area contributed by atoms with E-state index < -0.39 is 0 Å². The Kier molecular flexibility index (Phi) is 2.99. The first-order valence-electron chi connectivity index (χ1n) is 3.52. The maximum Gasteiger partial charge on any atom is 0.112 e. The third-order valence-corrected chi connectivity index (χ3v) is 2.67. The topological polar surface area (TPSA) is 36.8 Å². The van der Waals surface area contributed by atoms with Crippen LogP contribution in [-0.2, 0) is 0 Å². The number of nitrogens with one attached hydrogen (secondary N) is 1. The molecule has 1 heterocycles. The van der Waals surface area contributed by atoms with E-state index in [0.717, 1.165) is 12.5 Å².